The van der Waals surface area contributed by atoms with Gasteiger partial charge in [0.1, 0.15) is 17.2 Å². The quantitative estimate of drug-likeness (QED) is 0.156. The van der Waals surface area contributed by atoms with E-state index < -0.39 is 0 Å². The highest BCUT2D eigenvalue weighted by molar-refractivity contribution is 6.10. The van der Waals surface area contributed by atoms with Gasteiger partial charge in [-0.3, -0.25) is 9.13 Å². The van der Waals surface area contributed by atoms with E-state index in [4.69, 9.17) is 4.99 Å². The molecule has 2 heterocycles. The largest absolute Gasteiger partial charge is 0.298 e. The van der Waals surface area contributed by atoms with E-state index in [1.54, 1.807) is 0 Å². The zero-order valence-corrected chi connectivity index (χ0v) is 19.3. The number of aliphatic imine (C=N–C) groups is 1. The lowest BCUT2D eigenvalue weighted by Crippen LogP contribution is -2.12. The molecule has 0 radical (unpaired) electrons. The number of allylic oxidation sites excluding steroid dienone is 3. The molecule has 0 saturated heterocycles. The molecule has 0 spiro atoms. The van der Waals surface area contributed by atoms with E-state index >= 15 is 0 Å². The maximum Gasteiger partial charge on any atom is 0.136 e. The van der Waals surface area contributed by atoms with Gasteiger partial charge in [-0.1, -0.05) is 54.6 Å². The van der Waals surface area contributed by atoms with Crippen molar-refractivity contribution in [2.75, 3.05) is 0 Å². The molecule has 1 aliphatic rings. The molecule has 0 fully saturated rings. The first-order chi connectivity index (χ1) is 16.8. The van der Waals surface area contributed by atoms with Crippen LogP contribution in [0.25, 0.3) is 44.6 Å². The van der Waals surface area contributed by atoms with Crippen LogP contribution >= 0.6 is 0 Å². The van der Waals surface area contributed by atoms with Crippen LogP contribution in [0.5, 0.6) is 0 Å². The molecule has 3 aromatic carbocycles. The minimum absolute atomic E-state index is 0.723. The zero-order valence-electron chi connectivity index (χ0n) is 19.3. The molecule has 3 heteroatoms. The third kappa shape index (κ3) is 3.11. The van der Waals surface area contributed by atoms with Crippen LogP contribution in [0.4, 0.5) is 0 Å². The molecule has 0 unspecified atom stereocenters. The monoisotopic (exact) mass is 439 g/mol. The number of aromatic nitrogens is 2. The van der Waals surface area contributed by atoms with Crippen LogP contribution in [0, 0.1) is 12.1 Å². The summed E-state index contributed by atoms with van der Waals surface area (Å²) in [7, 11) is 0. The Bertz CT molecular complexity index is 1600. The smallest absolute Gasteiger partial charge is 0.136 e. The van der Waals surface area contributed by atoms with E-state index in [2.05, 4.69) is 108 Å². The topological polar surface area (TPSA) is 22.2 Å². The van der Waals surface area contributed by atoms with Gasteiger partial charge in [-0.2, -0.15) is 0 Å². The first-order valence-electron chi connectivity index (χ1n) is 11.8. The van der Waals surface area contributed by atoms with E-state index in [9.17, 15) is 0 Å². The van der Waals surface area contributed by atoms with Crippen LogP contribution in [0.15, 0.2) is 90.5 Å². The van der Waals surface area contributed by atoms with Crippen molar-refractivity contribution in [3.05, 3.63) is 109 Å². The summed E-state index contributed by atoms with van der Waals surface area (Å²) in [6, 6.07) is 27.6. The Morgan fingerprint density at radius 3 is 2.59 bits per heavy atom. The van der Waals surface area contributed by atoms with Crippen molar-refractivity contribution in [2.24, 2.45) is 4.99 Å². The van der Waals surface area contributed by atoms with E-state index in [1.165, 1.54) is 27.5 Å². The number of para-hydroxylation sites is 2. The van der Waals surface area contributed by atoms with Gasteiger partial charge in [0.05, 0.1) is 16.7 Å². The molecule has 3 nitrogen and oxygen atoms in total. The normalized spacial score (nSPS) is 14.0. The van der Waals surface area contributed by atoms with Crippen LogP contribution < -0.4 is 0 Å². The van der Waals surface area contributed by atoms with Gasteiger partial charge in [-0.15, -0.1) is 6.58 Å². The first kappa shape index (κ1) is 20.3. The second-order valence-corrected chi connectivity index (χ2v) is 8.62. The average molecular weight is 440 g/mol. The number of nitrogens with zero attached hydrogens (tertiary/aromatic N) is 3. The Labute approximate surface area is 199 Å². The Hall–Kier alpha value is -4.29. The number of hydrogen-bond donors (Lipinski definition) is 0. The van der Waals surface area contributed by atoms with Crippen molar-refractivity contribution in [3.8, 4) is 0 Å². The third-order valence-corrected chi connectivity index (χ3v) is 6.59. The Morgan fingerprint density at radius 2 is 1.76 bits per heavy atom. The number of aryl methyl sites for hydroxylation is 1. The lowest BCUT2D eigenvalue weighted by atomic mass is 10.0. The Morgan fingerprint density at radius 1 is 1.00 bits per heavy atom. The maximum atomic E-state index is 5.25. The summed E-state index contributed by atoms with van der Waals surface area (Å²) in [5, 5.41) is 3.65. The van der Waals surface area contributed by atoms with Crippen molar-refractivity contribution in [2.45, 2.75) is 26.2 Å². The van der Waals surface area contributed by atoms with E-state index in [-0.39, 0.29) is 0 Å². The SMILES string of the molecule is C=CC/C=C(\N=C(/C)n1c2c(c3ccccc31)CCC=C2)n1c2c#cccc2c2ccccc21. The van der Waals surface area contributed by atoms with Gasteiger partial charge in [-0.05, 0) is 74.2 Å². The molecule has 6 rings (SSSR count). The number of hydrogen-bond acceptors (Lipinski definition) is 1. The van der Waals surface area contributed by atoms with Crippen LogP contribution in [0.1, 0.15) is 31.0 Å². The Kier molecular flexibility index (Phi) is 4.93. The van der Waals surface area contributed by atoms with Crippen molar-refractivity contribution in [3.63, 3.8) is 0 Å². The van der Waals surface area contributed by atoms with Gasteiger partial charge in [0, 0.05) is 16.2 Å². The molecule has 0 bridgehead atoms. The molecular formula is C31H25N3. The zero-order chi connectivity index (χ0) is 23.1. The molecule has 0 atom stereocenters. The maximum absolute atomic E-state index is 5.25. The molecule has 1 aliphatic carbocycles. The third-order valence-electron chi connectivity index (χ3n) is 6.59. The highest BCUT2D eigenvalue weighted by Crippen LogP contribution is 2.33. The minimum atomic E-state index is 0.723. The van der Waals surface area contributed by atoms with Gasteiger partial charge in [0.25, 0.3) is 0 Å². The predicted molar refractivity (Wildman–Crippen MR) is 144 cm³/mol. The summed E-state index contributed by atoms with van der Waals surface area (Å²) >= 11 is 0. The fourth-order valence-electron chi connectivity index (χ4n) is 5.16. The van der Waals surface area contributed by atoms with E-state index in [0.29, 0.717) is 0 Å². The summed E-state index contributed by atoms with van der Waals surface area (Å²) in [4.78, 5) is 5.25. The van der Waals surface area contributed by atoms with Crippen molar-refractivity contribution < 1.29 is 0 Å². The van der Waals surface area contributed by atoms with Crippen LogP contribution in [0.2, 0.25) is 0 Å². The lowest BCUT2D eigenvalue weighted by molar-refractivity contribution is 0.976. The van der Waals surface area contributed by atoms with Gasteiger partial charge in [0.2, 0.25) is 0 Å². The highest BCUT2D eigenvalue weighted by atomic mass is 15.2. The molecule has 5 aromatic rings. The molecule has 2 aromatic heterocycles. The summed E-state index contributed by atoms with van der Waals surface area (Å²) in [6.45, 7) is 6.03. The van der Waals surface area contributed by atoms with Crippen LogP contribution in [-0.4, -0.2) is 15.0 Å². The summed E-state index contributed by atoms with van der Waals surface area (Å²) in [5.74, 6) is 1.80. The van der Waals surface area contributed by atoms with Gasteiger partial charge >= 0.3 is 0 Å². The van der Waals surface area contributed by atoms with Crippen molar-refractivity contribution in [1.29, 1.82) is 0 Å². The van der Waals surface area contributed by atoms with Crippen molar-refractivity contribution >= 4 is 50.4 Å². The fraction of sp³-hybridized carbons (Fsp3) is 0.129. The van der Waals surface area contributed by atoms with Crippen LogP contribution in [0.3, 0.4) is 0 Å². The molecule has 0 amide bonds. The molecule has 164 valence electrons. The second-order valence-electron chi connectivity index (χ2n) is 8.62. The van der Waals surface area contributed by atoms with E-state index in [0.717, 1.165) is 47.3 Å². The number of fused-ring (bicyclic) bond motifs is 6. The van der Waals surface area contributed by atoms with Crippen molar-refractivity contribution in [1.82, 2.24) is 9.13 Å². The average Bonchev–Trinajstić information content (AvgIpc) is 3.40. The predicted octanol–water partition coefficient (Wildman–Crippen LogP) is 7.65. The van der Waals surface area contributed by atoms with Gasteiger partial charge in [-0.25, -0.2) is 4.99 Å². The molecule has 0 saturated carbocycles. The minimum Gasteiger partial charge on any atom is -0.298 e. The number of rotatable bonds is 4. The Balaban J connectivity index is 1.61. The highest BCUT2D eigenvalue weighted by Gasteiger charge is 2.19. The lowest BCUT2D eigenvalue weighted by Gasteiger charge is -2.14. The summed E-state index contributed by atoms with van der Waals surface area (Å²) < 4.78 is 4.49. The summed E-state index contributed by atoms with van der Waals surface area (Å²) in [6.07, 6.45) is 11.4. The molecular weight excluding hydrogens is 414 g/mol. The molecule has 34 heavy (non-hydrogen) atoms. The first-order valence-corrected chi connectivity index (χ1v) is 11.8. The molecule has 0 aliphatic heterocycles. The fourth-order valence-corrected chi connectivity index (χ4v) is 5.16. The van der Waals surface area contributed by atoms with Gasteiger partial charge in [0.15, 0.2) is 0 Å². The van der Waals surface area contributed by atoms with Gasteiger partial charge < -0.3 is 0 Å². The van der Waals surface area contributed by atoms with Crippen LogP contribution in [-0.2, 0) is 6.42 Å². The molecule has 0 N–H and O–H groups in total. The summed E-state index contributed by atoms with van der Waals surface area (Å²) in [5.41, 5.74) is 5.93. The standard InChI is InChI=1S/C31H25N3/c1-3-4-21-31(34-29-19-11-7-15-25(29)26-16-8-12-20-30(26)34)32-22(2)33-27-17-9-5-13-23(27)24-14-6-10-18-28(24)33/h3,5,7-11,13,15-19,21H,1,4,6,14H2,2H3/b31-21+,32-22+. The number of benzene rings is 2. The van der Waals surface area contributed by atoms with E-state index in [1.807, 2.05) is 12.1 Å². The second kappa shape index (κ2) is 8.24.